The number of benzene rings is 2. The first kappa shape index (κ1) is 18.0. The third-order valence-electron chi connectivity index (χ3n) is 3.74. The second kappa shape index (κ2) is 6.49. The molecule has 0 aliphatic rings. The van der Waals surface area contributed by atoms with E-state index in [0.717, 1.165) is 12.1 Å². The summed E-state index contributed by atoms with van der Waals surface area (Å²) < 4.78 is 43.6. The zero-order valence-corrected chi connectivity index (χ0v) is 14.0. The molecule has 3 rings (SSSR count). The first-order valence-corrected chi connectivity index (χ1v) is 7.76. The van der Waals surface area contributed by atoms with Crippen LogP contribution in [0.25, 0.3) is 11.0 Å². The van der Waals surface area contributed by atoms with Gasteiger partial charge in [-0.1, -0.05) is 29.8 Å². The minimum absolute atomic E-state index is 0.0904. The Morgan fingerprint density at radius 2 is 1.88 bits per heavy atom. The van der Waals surface area contributed by atoms with Crippen LogP contribution in [0, 0.1) is 6.92 Å². The summed E-state index contributed by atoms with van der Waals surface area (Å²) in [4.78, 5) is 24.5. The first-order chi connectivity index (χ1) is 12.2. The van der Waals surface area contributed by atoms with Gasteiger partial charge in [0.05, 0.1) is 16.3 Å². The third kappa shape index (κ3) is 3.43. The van der Waals surface area contributed by atoms with E-state index < -0.39 is 23.3 Å². The SMILES string of the molecule is Cc1cccc2cc(C(=O)Nc3cc(C(F)(F)F)ccc3Cl)c(=O)oc12. The first-order valence-electron chi connectivity index (χ1n) is 7.38. The van der Waals surface area contributed by atoms with Gasteiger partial charge in [-0.3, -0.25) is 4.79 Å². The average molecular weight is 382 g/mol. The molecule has 134 valence electrons. The molecule has 0 bridgehead atoms. The van der Waals surface area contributed by atoms with E-state index in [-0.39, 0.29) is 16.3 Å². The molecular formula is C18H11ClF3NO3. The fourth-order valence-electron chi connectivity index (χ4n) is 2.44. The number of para-hydroxylation sites is 1. The summed E-state index contributed by atoms with van der Waals surface area (Å²) in [5, 5.41) is 2.66. The number of alkyl halides is 3. The van der Waals surface area contributed by atoms with Crippen LogP contribution < -0.4 is 10.9 Å². The third-order valence-corrected chi connectivity index (χ3v) is 4.07. The smallest absolute Gasteiger partial charge is 0.416 e. The number of anilines is 1. The molecule has 1 aromatic heterocycles. The van der Waals surface area contributed by atoms with Crippen LogP contribution in [0.3, 0.4) is 0 Å². The zero-order valence-electron chi connectivity index (χ0n) is 13.3. The van der Waals surface area contributed by atoms with Crippen LogP contribution in [0.4, 0.5) is 18.9 Å². The van der Waals surface area contributed by atoms with Crippen LogP contribution in [0.2, 0.25) is 5.02 Å². The molecule has 2 aromatic carbocycles. The van der Waals surface area contributed by atoms with Crippen LogP contribution >= 0.6 is 11.6 Å². The van der Waals surface area contributed by atoms with Crippen molar-refractivity contribution in [1.29, 1.82) is 0 Å². The van der Waals surface area contributed by atoms with E-state index in [4.69, 9.17) is 16.0 Å². The molecule has 26 heavy (non-hydrogen) atoms. The Kier molecular flexibility index (Phi) is 4.50. The van der Waals surface area contributed by atoms with Gasteiger partial charge in [0.1, 0.15) is 11.1 Å². The molecular weight excluding hydrogens is 371 g/mol. The molecule has 1 heterocycles. The normalized spacial score (nSPS) is 11.6. The lowest BCUT2D eigenvalue weighted by Crippen LogP contribution is -2.21. The van der Waals surface area contributed by atoms with Gasteiger partial charge >= 0.3 is 11.8 Å². The van der Waals surface area contributed by atoms with Crippen molar-refractivity contribution in [2.75, 3.05) is 5.32 Å². The summed E-state index contributed by atoms with van der Waals surface area (Å²) in [6.07, 6.45) is -4.59. The summed E-state index contributed by atoms with van der Waals surface area (Å²) in [7, 11) is 0. The van der Waals surface area contributed by atoms with Crippen molar-refractivity contribution < 1.29 is 22.4 Å². The molecule has 1 N–H and O–H groups in total. The van der Waals surface area contributed by atoms with E-state index in [9.17, 15) is 22.8 Å². The van der Waals surface area contributed by atoms with Gasteiger partial charge in [0, 0.05) is 5.39 Å². The highest BCUT2D eigenvalue weighted by atomic mass is 35.5. The van der Waals surface area contributed by atoms with Crippen LogP contribution in [0.5, 0.6) is 0 Å². The summed E-state index contributed by atoms with van der Waals surface area (Å²) in [5.74, 6) is -0.914. The number of carbonyl (C=O) groups excluding carboxylic acids is 1. The number of carbonyl (C=O) groups is 1. The van der Waals surface area contributed by atoms with E-state index in [2.05, 4.69) is 5.32 Å². The number of hydrogen-bond donors (Lipinski definition) is 1. The van der Waals surface area contributed by atoms with E-state index in [0.29, 0.717) is 22.6 Å². The molecule has 0 aliphatic carbocycles. The Morgan fingerprint density at radius 3 is 2.58 bits per heavy atom. The fourth-order valence-corrected chi connectivity index (χ4v) is 2.60. The summed E-state index contributed by atoms with van der Waals surface area (Å²) >= 11 is 5.85. The number of fused-ring (bicyclic) bond motifs is 1. The second-order valence-electron chi connectivity index (χ2n) is 5.59. The van der Waals surface area contributed by atoms with Gasteiger partial charge in [0.2, 0.25) is 0 Å². The van der Waals surface area contributed by atoms with Crippen molar-refractivity contribution in [3.8, 4) is 0 Å². The molecule has 0 fully saturated rings. The maximum Gasteiger partial charge on any atom is 0.416 e. The fraction of sp³-hybridized carbons (Fsp3) is 0.111. The lowest BCUT2D eigenvalue weighted by Gasteiger charge is -2.11. The molecule has 1 amide bonds. The Labute approximate surface area is 150 Å². The van der Waals surface area contributed by atoms with Gasteiger partial charge in [0.25, 0.3) is 5.91 Å². The van der Waals surface area contributed by atoms with E-state index in [1.165, 1.54) is 6.07 Å². The van der Waals surface area contributed by atoms with Gasteiger partial charge in [-0.2, -0.15) is 13.2 Å². The van der Waals surface area contributed by atoms with E-state index >= 15 is 0 Å². The van der Waals surface area contributed by atoms with Gasteiger partial charge in [0.15, 0.2) is 0 Å². The molecule has 3 aromatic rings. The maximum atomic E-state index is 12.8. The molecule has 0 saturated carbocycles. The largest absolute Gasteiger partial charge is 0.422 e. The maximum absolute atomic E-state index is 12.8. The van der Waals surface area contributed by atoms with Crippen molar-refractivity contribution >= 4 is 34.2 Å². The molecule has 0 atom stereocenters. The Bertz CT molecular complexity index is 1070. The highest BCUT2D eigenvalue weighted by molar-refractivity contribution is 6.34. The van der Waals surface area contributed by atoms with E-state index in [1.54, 1.807) is 25.1 Å². The molecule has 0 spiro atoms. The minimum atomic E-state index is -4.59. The summed E-state index contributed by atoms with van der Waals surface area (Å²) in [5.41, 5.74) is -1.41. The molecule has 0 radical (unpaired) electrons. The summed E-state index contributed by atoms with van der Waals surface area (Å²) in [6, 6.07) is 8.96. The number of hydrogen-bond acceptors (Lipinski definition) is 3. The lowest BCUT2D eigenvalue weighted by atomic mass is 10.1. The number of nitrogens with one attached hydrogen (secondary N) is 1. The second-order valence-corrected chi connectivity index (χ2v) is 5.99. The lowest BCUT2D eigenvalue weighted by molar-refractivity contribution is -0.137. The predicted molar refractivity (Wildman–Crippen MR) is 91.6 cm³/mol. The minimum Gasteiger partial charge on any atom is -0.422 e. The molecule has 0 saturated heterocycles. The molecule has 4 nitrogen and oxygen atoms in total. The number of rotatable bonds is 2. The predicted octanol–water partition coefficient (Wildman–Crippen LogP) is 5.03. The number of halogens is 4. The van der Waals surface area contributed by atoms with Crippen LogP contribution in [-0.4, -0.2) is 5.91 Å². The van der Waals surface area contributed by atoms with Gasteiger partial charge < -0.3 is 9.73 Å². The van der Waals surface area contributed by atoms with Crippen LogP contribution in [-0.2, 0) is 6.18 Å². The average Bonchev–Trinajstić information content (AvgIpc) is 2.56. The van der Waals surface area contributed by atoms with Gasteiger partial charge in [-0.15, -0.1) is 0 Å². The Balaban J connectivity index is 2.00. The number of amides is 1. The standard InChI is InChI=1S/C18H11ClF3NO3/c1-9-3-2-4-10-7-12(17(25)26-15(9)10)16(24)23-14-8-11(18(20,21)22)5-6-13(14)19/h2-8H,1H3,(H,23,24). The van der Waals surface area contributed by atoms with E-state index in [1.807, 2.05) is 0 Å². The topological polar surface area (TPSA) is 59.3 Å². The van der Waals surface area contributed by atoms with Crippen LogP contribution in [0.1, 0.15) is 21.5 Å². The molecule has 0 unspecified atom stereocenters. The Morgan fingerprint density at radius 1 is 1.15 bits per heavy atom. The quantitative estimate of drug-likeness (QED) is 0.634. The molecule has 8 heteroatoms. The zero-order chi connectivity index (χ0) is 19.1. The van der Waals surface area contributed by atoms with Gasteiger partial charge in [-0.05, 0) is 36.8 Å². The van der Waals surface area contributed by atoms with Crippen molar-refractivity contribution in [3.05, 3.63) is 74.6 Å². The van der Waals surface area contributed by atoms with Crippen LogP contribution in [0.15, 0.2) is 51.7 Å². The monoisotopic (exact) mass is 381 g/mol. The highest BCUT2D eigenvalue weighted by Crippen LogP contribution is 2.34. The van der Waals surface area contributed by atoms with Crippen molar-refractivity contribution in [1.82, 2.24) is 0 Å². The molecule has 0 aliphatic heterocycles. The summed E-state index contributed by atoms with van der Waals surface area (Å²) in [6.45, 7) is 1.74. The van der Waals surface area contributed by atoms with Crippen molar-refractivity contribution in [2.45, 2.75) is 13.1 Å². The van der Waals surface area contributed by atoms with Gasteiger partial charge in [-0.25, -0.2) is 4.79 Å². The highest BCUT2D eigenvalue weighted by Gasteiger charge is 2.31. The number of aryl methyl sites for hydroxylation is 1. The Hall–Kier alpha value is -2.80. The van der Waals surface area contributed by atoms with Crippen molar-refractivity contribution in [3.63, 3.8) is 0 Å². The van der Waals surface area contributed by atoms with Crippen molar-refractivity contribution in [2.24, 2.45) is 0 Å².